The highest BCUT2D eigenvalue weighted by molar-refractivity contribution is 14.0. The highest BCUT2D eigenvalue weighted by Gasteiger charge is 2.15. The Morgan fingerprint density at radius 2 is 2.24 bits per heavy atom. The molecule has 0 aliphatic heterocycles. The van der Waals surface area contributed by atoms with Crippen molar-refractivity contribution in [3.63, 3.8) is 0 Å². The quantitative estimate of drug-likeness (QED) is 0.301. The molecule has 21 heavy (non-hydrogen) atoms. The minimum Gasteiger partial charge on any atom is -0.469 e. The molecule has 1 aromatic heterocycles. The van der Waals surface area contributed by atoms with Crippen molar-refractivity contribution in [2.24, 2.45) is 4.99 Å². The van der Waals surface area contributed by atoms with Crippen LogP contribution in [-0.4, -0.2) is 38.3 Å². The molecule has 120 valence electrons. The molecule has 1 aromatic rings. The second-order valence-electron chi connectivity index (χ2n) is 5.05. The molecule has 2 N–H and O–H groups in total. The maximum atomic E-state index is 5.36. The van der Waals surface area contributed by atoms with Gasteiger partial charge in [0.2, 0.25) is 0 Å². The zero-order valence-corrected chi connectivity index (χ0v) is 15.3. The van der Waals surface area contributed by atoms with Gasteiger partial charge in [-0.3, -0.25) is 4.99 Å². The third-order valence-corrected chi connectivity index (χ3v) is 2.83. The fourth-order valence-electron chi connectivity index (χ4n) is 1.44. The number of furan rings is 1. The van der Waals surface area contributed by atoms with E-state index in [1.54, 1.807) is 19.4 Å². The standard InChI is InChI=1S/C15H25N3O2.HI/c1-5-9-16-14(18-12-15(2,3)19-4)17-10-8-13-7-6-11-20-13;/h5-7,11H,1,8-10,12H2,2-4H3,(H2,16,17,18);1H. The van der Waals surface area contributed by atoms with Crippen molar-refractivity contribution in [2.75, 3.05) is 26.7 Å². The Balaban J connectivity index is 0.00000400. The molecule has 0 radical (unpaired) electrons. The van der Waals surface area contributed by atoms with Gasteiger partial charge in [-0.05, 0) is 26.0 Å². The molecule has 0 fully saturated rings. The molecule has 0 saturated heterocycles. The first-order valence-corrected chi connectivity index (χ1v) is 6.78. The number of hydrogen-bond donors (Lipinski definition) is 2. The van der Waals surface area contributed by atoms with Crippen molar-refractivity contribution in [3.05, 3.63) is 36.8 Å². The zero-order valence-electron chi connectivity index (χ0n) is 13.0. The molecule has 0 spiro atoms. The van der Waals surface area contributed by atoms with E-state index in [4.69, 9.17) is 9.15 Å². The van der Waals surface area contributed by atoms with Crippen molar-refractivity contribution in [1.29, 1.82) is 0 Å². The van der Waals surface area contributed by atoms with Crippen LogP contribution < -0.4 is 10.6 Å². The molecule has 0 aliphatic rings. The van der Waals surface area contributed by atoms with Crippen LogP contribution in [-0.2, 0) is 11.2 Å². The van der Waals surface area contributed by atoms with Crippen LogP contribution in [0.25, 0.3) is 0 Å². The van der Waals surface area contributed by atoms with Gasteiger partial charge in [-0.15, -0.1) is 30.6 Å². The number of methoxy groups -OCH3 is 1. The van der Waals surface area contributed by atoms with Crippen LogP contribution in [0.1, 0.15) is 19.6 Å². The van der Waals surface area contributed by atoms with Crippen LogP contribution in [0.15, 0.2) is 40.5 Å². The summed E-state index contributed by atoms with van der Waals surface area (Å²) < 4.78 is 10.6. The second kappa shape index (κ2) is 10.7. The van der Waals surface area contributed by atoms with E-state index in [0.29, 0.717) is 13.1 Å². The summed E-state index contributed by atoms with van der Waals surface area (Å²) in [5, 5.41) is 6.45. The third-order valence-electron chi connectivity index (χ3n) is 2.83. The molecular weight excluding hydrogens is 381 g/mol. The van der Waals surface area contributed by atoms with Gasteiger partial charge in [0.1, 0.15) is 5.76 Å². The number of nitrogens with zero attached hydrogens (tertiary/aromatic N) is 1. The van der Waals surface area contributed by atoms with Crippen LogP contribution in [0.2, 0.25) is 0 Å². The van der Waals surface area contributed by atoms with Crippen molar-refractivity contribution in [2.45, 2.75) is 25.9 Å². The summed E-state index contributed by atoms with van der Waals surface area (Å²) in [5.74, 6) is 1.71. The lowest BCUT2D eigenvalue weighted by Crippen LogP contribution is -2.40. The Morgan fingerprint density at radius 3 is 2.81 bits per heavy atom. The predicted molar refractivity (Wildman–Crippen MR) is 97.4 cm³/mol. The lowest BCUT2D eigenvalue weighted by atomic mass is 10.1. The minimum absolute atomic E-state index is 0. The molecule has 0 aliphatic carbocycles. The maximum Gasteiger partial charge on any atom is 0.191 e. The average Bonchev–Trinajstić information content (AvgIpc) is 2.94. The van der Waals surface area contributed by atoms with Crippen molar-refractivity contribution < 1.29 is 9.15 Å². The summed E-state index contributed by atoms with van der Waals surface area (Å²) >= 11 is 0. The Kier molecular flexibility index (Phi) is 10.2. The van der Waals surface area contributed by atoms with E-state index in [9.17, 15) is 0 Å². The highest BCUT2D eigenvalue weighted by atomic mass is 127. The van der Waals surface area contributed by atoms with Gasteiger partial charge >= 0.3 is 0 Å². The summed E-state index contributed by atoms with van der Waals surface area (Å²) in [7, 11) is 1.69. The van der Waals surface area contributed by atoms with E-state index < -0.39 is 0 Å². The fourth-order valence-corrected chi connectivity index (χ4v) is 1.44. The Labute approximate surface area is 144 Å². The highest BCUT2D eigenvalue weighted by Crippen LogP contribution is 2.07. The fraction of sp³-hybridized carbons (Fsp3) is 0.533. The summed E-state index contributed by atoms with van der Waals surface area (Å²) in [4.78, 5) is 4.51. The normalized spacial score (nSPS) is 11.7. The average molecular weight is 407 g/mol. The van der Waals surface area contributed by atoms with Crippen LogP contribution >= 0.6 is 24.0 Å². The molecule has 0 amide bonds. The smallest absolute Gasteiger partial charge is 0.191 e. The number of halogens is 1. The molecule has 0 unspecified atom stereocenters. The number of aliphatic imine (C=N–C) groups is 1. The maximum absolute atomic E-state index is 5.36. The van der Waals surface area contributed by atoms with E-state index in [-0.39, 0.29) is 29.6 Å². The summed E-state index contributed by atoms with van der Waals surface area (Å²) in [6.07, 6.45) is 4.29. The topological polar surface area (TPSA) is 58.8 Å². The number of nitrogens with one attached hydrogen (secondary N) is 2. The molecule has 1 heterocycles. The first kappa shape index (κ1) is 20.0. The molecule has 0 atom stereocenters. The first-order valence-electron chi connectivity index (χ1n) is 6.78. The first-order chi connectivity index (χ1) is 9.57. The second-order valence-corrected chi connectivity index (χ2v) is 5.05. The zero-order chi connectivity index (χ0) is 14.8. The van der Waals surface area contributed by atoms with Gasteiger partial charge < -0.3 is 19.8 Å². The Hall–Kier alpha value is -1.02. The van der Waals surface area contributed by atoms with Crippen molar-refractivity contribution in [1.82, 2.24) is 10.6 Å². The van der Waals surface area contributed by atoms with Gasteiger partial charge in [-0.1, -0.05) is 6.08 Å². The number of ether oxygens (including phenoxy) is 1. The number of hydrogen-bond acceptors (Lipinski definition) is 3. The van der Waals surface area contributed by atoms with E-state index in [0.717, 1.165) is 24.7 Å². The van der Waals surface area contributed by atoms with Gasteiger partial charge in [-0.25, -0.2) is 0 Å². The summed E-state index contributed by atoms with van der Waals surface area (Å²) in [5.41, 5.74) is -0.274. The molecule has 6 heteroatoms. The molecule has 0 saturated carbocycles. The van der Waals surface area contributed by atoms with Crippen LogP contribution in [0, 0.1) is 0 Å². The molecule has 0 aromatic carbocycles. The largest absolute Gasteiger partial charge is 0.469 e. The molecule has 0 bridgehead atoms. The van der Waals surface area contributed by atoms with Gasteiger partial charge in [0, 0.05) is 26.6 Å². The summed E-state index contributed by atoms with van der Waals surface area (Å²) in [6, 6.07) is 3.85. The molecular formula is C15H26IN3O2. The lowest BCUT2D eigenvalue weighted by Gasteiger charge is -2.21. The van der Waals surface area contributed by atoms with Crippen LogP contribution in [0.5, 0.6) is 0 Å². The van der Waals surface area contributed by atoms with Crippen LogP contribution in [0.3, 0.4) is 0 Å². The van der Waals surface area contributed by atoms with Crippen molar-refractivity contribution >= 4 is 29.9 Å². The monoisotopic (exact) mass is 407 g/mol. The van der Waals surface area contributed by atoms with E-state index in [2.05, 4.69) is 22.2 Å². The van der Waals surface area contributed by atoms with E-state index in [1.165, 1.54) is 0 Å². The van der Waals surface area contributed by atoms with Gasteiger partial charge in [0.15, 0.2) is 5.96 Å². The molecule has 1 rings (SSSR count). The van der Waals surface area contributed by atoms with E-state index >= 15 is 0 Å². The number of rotatable bonds is 8. The minimum atomic E-state index is -0.274. The predicted octanol–water partition coefficient (Wildman–Crippen LogP) is 2.59. The van der Waals surface area contributed by atoms with Gasteiger partial charge in [0.05, 0.1) is 18.4 Å². The van der Waals surface area contributed by atoms with Crippen molar-refractivity contribution in [3.8, 4) is 0 Å². The van der Waals surface area contributed by atoms with Gasteiger partial charge in [-0.2, -0.15) is 0 Å². The number of guanidine groups is 1. The molecule has 5 nitrogen and oxygen atoms in total. The van der Waals surface area contributed by atoms with Crippen LogP contribution in [0.4, 0.5) is 0 Å². The third kappa shape index (κ3) is 8.77. The van der Waals surface area contributed by atoms with Gasteiger partial charge in [0.25, 0.3) is 0 Å². The van der Waals surface area contributed by atoms with E-state index in [1.807, 2.05) is 26.0 Å². The Bertz CT molecular complexity index is 417. The lowest BCUT2D eigenvalue weighted by molar-refractivity contribution is 0.0311. The Morgan fingerprint density at radius 1 is 1.48 bits per heavy atom. The SMILES string of the molecule is C=CCNC(=NCC(C)(C)OC)NCCc1ccco1.I. The summed E-state index contributed by atoms with van der Waals surface area (Å²) in [6.45, 7) is 9.70.